The standard InChI is InChI=1S/C22H30O4S.K/c1-2-3-4-5-6-7-8-10-13-19-16-17-21(22(18-19)27(23,24)25)26-20-14-11-9-12-15-20;/h9,11-12,14-18H,2-8,10,13H2,1H3,(H,23,24,25);/q;+1/p-1. The Morgan fingerprint density at radius 3 is 2.07 bits per heavy atom. The first-order chi connectivity index (χ1) is 13.0. The van der Waals surface area contributed by atoms with Gasteiger partial charge < -0.3 is 9.29 Å². The second-order valence-electron chi connectivity index (χ2n) is 6.88. The van der Waals surface area contributed by atoms with Crippen molar-refractivity contribution >= 4 is 10.1 Å². The summed E-state index contributed by atoms with van der Waals surface area (Å²) < 4.78 is 40.6. The van der Waals surface area contributed by atoms with Crippen molar-refractivity contribution in [1.82, 2.24) is 0 Å². The largest absolute Gasteiger partial charge is 1.00 e. The topological polar surface area (TPSA) is 66.4 Å². The maximum atomic E-state index is 11.7. The van der Waals surface area contributed by atoms with Crippen LogP contribution in [0.1, 0.15) is 63.9 Å². The summed E-state index contributed by atoms with van der Waals surface area (Å²) in [6.45, 7) is 2.21. The third-order valence-corrected chi connectivity index (χ3v) is 5.43. The molecule has 2 rings (SSSR count). The molecular weight excluding hydrogens is 399 g/mol. The molecule has 0 fully saturated rings. The van der Waals surface area contributed by atoms with Gasteiger partial charge in [-0.3, -0.25) is 0 Å². The molecule has 2 aromatic carbocycles. The van der Waals surface area contributed by atoms with Crippen molar-refractivity contribution in [3.63, 3.8) is 0 Å². The Bertz CT molecular complexity index is 791. The zero-order valence-electron chi connectivity index (χ0n) is 17.0. The number of aryl methyl sites for hydroxylation is 1. The van der Waals surface area contributed by atoms with E-state index in [2.05, 4.69) is 6.92 Å². The quantitative estimate of drug-likeness (QED) is 0.296. The molecule has 0 aliphatic rings. The van der Waals surface area contributed by atoms with Crippen LogP contribution in [-0.4, -0.2) is 13.0 Å². The van der Waals surface area contributed by atoms with E-state index in [0.29, 0.717) is 5.75 Å². The molecular formula is C22H29KO4S. The minimum atomic E-state index is -4.60. The van der Waals surface area contributed by atoms with Gasteiger partial charge in [0.05, 0.1) is 4.90 Å². The first-order valence-electron chi connectivity index (χ1n) is 9.82. The third kappa shape index (κ3) is 9.52. The third-order valence-electron chi connectivity index (χ3n) is 4.57. The molecule has 0 aliphatic carbocycles. The van der Waals surface area contributed by atoms with Gasteiger partial charge in [-0.2, -0.15) is 0 Å². The van der Waals surface area contributed by atoms with E-state index in [4.69, 9.17) is 4.74 Å². The fourth-order valence-corrected chi connectivity index (χ4v) is 3.72. The minimum absolute atomic E-state index is 0. The van der Waals surface area contributed by atoms with Gasteiger partial charge in [0, 0.05) is 0 Å². The molecule has 2 aromatic rings. The predicted molar refractivity (Wildman–Crippen MR) is 107 cm³/mol. The van der Waals surface area contributed by atoms with Crippen LogP contribution < -0.4 is 56.1 Å². The summed E-state index contributed by atoms with van der Waals surface area (Å²) in [5, 5.41) is 0. The van der Waals surface area contributed by atoms with Crippen molar-refractivity contribution in [3.8, 4) is 11.5 Å². The molecule has 0 saturated heterocycles. The molecule has 0 aromatic heterocycles. The molecule has 0 radical (unpaired) electrons. The average molecular weight is 429 g/mol. The van der Waals surface area contributed by atoms with E-state index in [9.17, 15) is 13.0 Å². The van der Waals surface area contributed by atoms with Crippen LogP contribution in [0, 0.1) is 0 Å². The van der Waals surface area contributed by atoms with Crippen molar-refractivity contribution < 1.29 is 69.1 Å². The van der Waals surface area contributed by atoms with E-state index >= 15 is 0 Å². The van der Waals surface area contributed by atoms with Crippen molar-refractivity contribution in [2.75, 3.05) is 0 Å². The van der Waals surface area contributed by atoms with E-state index < -0.39 is 10.1 Å². The number of ether oxygens (including phenoxy) is 1. The first kappa shape index (κ1) is 25.8. The Balaban J connectivity index is 0.00000392. The summed E-state index contributed by atoms with van der Waals surface area (Å²) in [4.78, 5) is -0.289. The fraction of sp³-hybridized carbons (Fsp3) is 0.455. The molecule has 0 atom stereocenters. The fourth-order valence-electron chi connectivity index (χ4n) is 3.07. The Morgan fingerprint density at radius 2 is 1.46 bits per heavy atom. The van der Waals surface area contributed by atoms with Gasteiger partial charge in [-0.15, -0.1) is 0 Å². The van der Waals surface area contributed by atoms with Crippen molar-refractivity contribution in [2.24, 2.45) is 0 Å². The minimum Gasteiger partial charge on any atom is -0.744 e. The first-order valence-corrected chi connectivity index (χ1v) is 11.2. The average Bonchev–Trinajstić information content (AvgIpc) is 2.65. The van der Waals surface area contributed by atoms with E-state index in [1.165, 1.54) is 44.6 Å². The van der Waals surface area contributed by atoms with Crippen molar-refractivity contribution in [1.29, 1.82) is 0 Å². The number of benzene rings is 2. The normalized spacial score (nSPS) is 11.1. The number of hydrogen-bond donors (Lipinski definition) is 0. The van der Waals surface area contributed by atoms with Gasteiger partial charge in [0.2, 0.25) is 0 Å². The summed E-state index contributed by atoms with van der Waals surface area (Å²) in [7, 11) is -4.60. The molecule has 0 bridgehead atoms. The van der Waals surface area contributed by atoms with Gasteiger partial charge in [0.15, 0.2) is 0 Å². The van der Waals surface area contributed by atoms with Gasteiger partial charge in [-0.25, -0.2) is 8.42 Å². The second-order valence-corrected chi connectivity index (χ2v) is 8.22. The monoisotopic (exact) mass is 428 g/mol. The van der Waals surface area contributed by atoms with Crippen LogP contribution in [0.3, 0.4) is 0 Å². The number of unbranched alkanes of at least 4 members (excludes halogenated alkanes) is 7. The van der Waals surface area contributed by atoms with Gasteiger partial charge in [-0.1, -0.05) is 76.1 Å². The van der Waals surface area contributed by atoms with Crippen LogP contribution in [0.25, 0.3) is 0 Å². The van der Waals surface area contributed by atoms with Gasteiger partial charge in [0.1, 0.15) is 21.6 Å². The Labute approximate surface area is 212 Å². The van der Waals surface area contributed by atoms with Crippen LogP contribution in [-0.2, 0) is 16.5 Å². The number of para-hydroxylation sites is 1. The maximum absolute atomic E-state index is 11.7. The zero-order chi connectivity index (χ0) is 19.5. The summed E-state index contributed by atoms with van der Waals surface area (Å²) in [5.74, 6) is 0.578. The van der Waals surface area contributed by atoms with Gasteiger partial charge in [-0.05, 0) is 42.7 Å². The molecule has 0 unspecified atom stereocenters. The molecule has 0 heterocycles. The summed E-state index contributed by atoms with van der Waals surface area (Å²) in [6, 6.07) is 13.7. The summed E-state index contributed by atoms with van der Waals surface area (Å²) in [5.41, 5.74) is 0.857. The Kier molecular flexibility index (Phi) is 12.8. The van der Waals surface area contributed by atoms with Gasteiger partial charge >= 0.3 is 51.4 Å². The molecule has 4 nitrogen and oxygen atoms in total. The Morgan fingerprint density at radius 1 is 0.857 bits per heavy atom. The summed E-state index contributed by atoms with van der Waals surface area (Å²) >= 11 is 0. The van der Waals surface area contributed by atoms with Crippen molar-refractivity contribution in [2.45, 2.75) is 69.6 Å². The van der Waals surface area contributed by atoms with E-state index in [1.807, 2.05) is 12.1 Å². The second kappa shape index (κ2) is 13.9. The van der Waals surface area contributed by atoms with Gasteiger partial charge in [0.25, 0.3) is 0 Å². The van der Waals surface area contributed by atoms with Crippen LogP contribution in [0.15, 0.2) is 53.4 Å². The van der Waals surface area contributed by atoms with E-state index in [1.54, 1.807) is 30.3 Å². The SMILES string of the molecule is CCCCCCCCCCc1ccc(Oc2ccccc2)c(S(=O)(=O)[O-])c1.[K+]. The molecule has 28 heavy (non-hydrogen) atoms. The molecule has 6 heteroatoms. The molecule has 0 saturated carbocycles. The van der Waals surface area contributed by atoms with Crippen LogP contribution in [0.2, 0.25) is 0 Å². The molecule has 0 aliphatic heterocycles. The molecule has 0 spiro atoms. The molecule has 0 N–H and O–H groups in total. The van der Waals surface area contributed by atoms with Crippen molar-refractivity contribution in [3.05, 3.63) is 54.1 Å². The maximum Gasteiger partial charge on any atom is 1.00 e. The van der Waals surface area contributed by atoms with Crippen LogP contribution in [0.4, 0.5) is 0 Å². The number of hydrogen-bond acceptors (Lipinski definition) is 4. The van der Waals surface area contributed by atoms with Crippen LogP contribution in [0.5, 0.6) is 11.5 Å². The van der Waals surface area contributed by atoms with E-state index in [0.717, 1.165) is 24.8 Å². The van der Waals surface area contributed by atoms with Crippen LogP contribution >= 0.6 is 0 Å². The predicted octanol–water partition coefficient (Wildman–Crippen LogP) is 3.07. The zero-order valence-corrected chi connectivity index (χ0v) is 21.0. The number of rotatable bonds is 12. The van der Waals surface area contributed by atoms with E-state index in [-0.39, 0.29) is 62.0 Å². The Hall–Kier alpha value is -0.214. The molecule has 148 valence electrons. The molecule has 0 amide bonds. The smallest absolute Gasteiger partial charge is 0.744 e. The summed E-state index contributed by atoms with van der Waals surface area (Å²) in [6.07, 6.45) is 10.5.